The minimum absolute atomic E-state index is 0.277. The fraction of sp³-hybridized carbons (Fsp3) is 0.111. The lowest BCUT2D eigenvalue weighted by atomic mass is 9.86. The van der Waals surface area contributed by atoms with Crippen LogP contribution in [0.4, 0.5) is 0 Å². The highest BCUT2D eigenvalue weighted by Crippen LogP contribution is 2.41. The number of aliphatic hydroxyl groups is 1. The summed E-state index contributed by atoms with van der Waals surface area (Å²) in [5.74, 6) is -1.11. The first-order chi connectivity index (χ1) is 10.5. The average Bonchev–Trinajstić information content (AvgIpc) is 2.96. The van der Waals surface area contributed by atoms with Crippen LogP contribution in [0.2, 0.25) is 0 Å². The number of carbonyl (C=O) groups is 2. The van der Waals surface area contributed by atoms with E-state index in [4.69, 9.17) is 0 Å². The molecular weight excluding hydrogens is 278 g/mol. The van der Waals surface area contributed by atoms with Gasteiger partial charge in [-0.1, -0.05) is 42.5 Å². The quantitative estimate of drug-likeness (QED) is 0.677. The molecule has 2 N–H and O–H groups in total. The lowest BCUT2D eigenvalue weighted by Crippen LogP contribution is -2.38. The van der Waals surface area contributed by atoms with E-state index in [0.29, 0.717) is 16.6 Å². The number of carbonyl (C=O) groups excluding carboxylic acids is 2. The highest BCUT2D eigenvalue weighted by molar-refractivity contribution is 6.32. The van der Waals surface area contributed by atoms with Gasteiger partial charge in [0.15, 0.2) is 0 Å². The van der Waals surface area contributed by atoms with Crippen molar-refractivity contribution in [1.29, 1.82) is 0 Å². The van der Waals surface area contributed by atoms with Crippen LogP contribution in [0, 0.1) is 6.92 Å². The highest BCUT2D eigenvalue weighted by atomic mass is 16.3. The van der Waals surface area contributed by atoms with Gasteiger partial charge in [-0.3, -0.25) is 9.59 Å². The molecule has 0 fully saturated rings. The van der Waals surface area contributed by atoms with Gasteiger partial charge in [0.05, 0.1) is 0 Å². The van der Waals surface area contributed by atoms with Gasteiger partial charge in [0, 0.05) is 33.3 Å². The van der Waals surface area contributed by atoms with Gasteiger partial charge in [-0.15, -0.1) is 0 Å². The fourth-order valence-corrected chi connectivity index (χ4v) is 3.34. The molecule has 1 aliphatic rings. The van der Waals surface area contributed by atoms with Crippen molar-refractivity contribution < 1.29 is 14.7 Å². The van der Waals surface area contributed by atoms with Crippen molar-refractivity contribution in [2.75, 3.05) is 0 Å². The summed E-state index contributed by atoms with van der Waals surface area (Å²) in [5.41, 5.74) is 0.180. The Balaban J connectivity index is 2.05. The van der Waals surface area contributed by atoms with E-state index in [2.05, 4.69) is 4.98 Å². The molecule has 22 heavy (non-hydrogen) atoms. The van der Waals surface area contributed by atoms with Gasteiger partial charge in [0.25, 0.3) is 0 Å². The number of fused-ring (bicyclic) bond motifs is 2. The molecule has 0 aliphatic heterocycles. The fourth-order valence-electron chi connectivity index (χ4n) is 3.34. The Morgan fingerprint density at radius 3 is 2.09 bits per heavy atom. The van der Waals surface area contributed by atoms with Crippen molar-refractivity contribution in [2.45, 2.75) is 12.5 Å². The van der Waals surface area contributed by atoms with Crippen LogP contribution in [0.25, 0.3) is 10.9 Å². The van der Waals surface area contributed by atoms with Crippen molar-refractivity contribution in [3.63, 3.8) is 0 Å². The third-order valence-electron chi connectivity index (χ3n) is 4.33. The topological polar surface area (TPSA) is 70.2 Å². The molecule has 1 aromatic heterocycles. The third kappa shape index (κ3) is 1.40. The molecule has 108 valence electrons. The SMILES string of the molecule is Cc1[nH]c2ccccc2c1C1(O)C(=O)c2ccccc2C1=O. The minimum Gasteiger partial charge on any atom is -0.370 e. The molecule has 0 saturated heterocycles. The minimum atomic E-state index is -2.15. The first-order valence-electron chi connectivity index (χ1n) is 7.04. The van der Waals surface area contributed by atoms with E-state index in [1.807, 2.05) is 18.2 Å². The molecule has 0 radical (unpaired) electrons. The maximum Gasteiger partial charge on any atom is 0.218 e. The van der Waals surface area contributed by atoms with Gasteiger partial charge in [0.2, 0.25) is 17.2 Å². The maximum atomic E-state index is 12.7. The molecule has 4 rings (SSSR count). The second-order valence-electron chi connectivity index (χ2n) is 5.58. The van der Waals surface area contributed by atoms with E-state index in [1.165, 1.54) is 0 Å². The van der Waals surface area contributed by atoms with Crippen molar-refractivity contribution in [1.82, 2.24) is 4.98 Å². The number of H-pyrrole nitrogens is 1. The molecule has 0 spiro atoms. The van der Waals surface area contributed by atoms with Gasteiger partial charge < -0.3 is 10.1 Å². The number of aromatic nitrogens is 1. The van der Waals surface area contributed by atoms with Crippen LogP contribution in [0.3, 0.4) is 0 Å². The monoisotopic (exact) mass is 291 g/mol. The number of benzene rings is 2. The summed E-state index contributed by atoms with van der Waals surface area (Å²) in [6.45, 7) is 1.76. The van der Waals surface area contributed by atoms with Gasteiger partial charge >= 0.3 is 0 Å². The Morgan fingerprint density at radius 1 is 0.909 bits per heavy atom. The zero-order valence-corrected chi connectivity index (χ0v) is 11.9. The van der Waals surface area contributed by atoms with Crippen LogP contribution in [0.5, 0.6) is 0 Å². The molecule has 0 bridgehead atoms. The number of hydrogen-bond donors (Lipinski definition) is 2. The number of para-hydroxylation sites is 1. The third-order valence-corrected chi connectivity index (χ3v) is 4.33. The zero-order chi connectivity index (χ0) is 15.5. The van der Waals surface area contributed by atoms with Gasteiger partial charge in [-0.05, 0) is 13.0 Å². The largest absolute Gasteiger partial charge is 0.370 e. The van der Waals surface area contributed by atoms with Crippen LogP contribution in [0.1, 0.15) is 32.0 Å². The molecular formula is C18H13NO3. The van der Waals surface area contributed by atoms with Crippen LogP contribution >= 0.6 is 0 Å². The molecule has 0 unspecified atom stereocenters. The Kier molecular flexibility index (Phi) is 2.45. The summed E-state index contributed by atoms with van der Waals surface area (Å²) in [5, 5.41) is 11.8. The number of aryl methyl sites for hydroxylation is 1. The molecule has 0 atom stereocenters. The molecule has 4 nitrogen and oxygen atoms in total. The van der Waals surface area contributed by atoms with Crippen LogP contribution in [-0.2, 0) is 5.60 Å². The van der Waals surface area contributed by atoms with Gasteiger partial charge in [-0.2, -0.15) is 0 Å². The molecule has 2 aromatic carbocycles. The molecule has 3 aromatic rings. The number of hydrogen-bond acceptors (Lipinski definition) is 3. The second-order valence-corrected chi connectivity index (χ2v) is 5.58. The normalized spacial score (nSPS) is 16.3. The number of rotatable bonds is 1. The first kappa shape index (κ1) is 13.0. The standard InChI is InChI=1S/C18H13NO3/c1-10-15(13-8-4-5-9-14(13)19-10)18(22)16(20)11-6-2-3-7-12(11)17(18)21/h2-9,19,22H,1H3. The van der Waals surface area contributed by atoms with Crippen LogP contribution in [0.15, 0.2) is 48.5 Å². The number of nitrogens with one attached hydrogen (secondary N) is 1. The predicted molar refractivity (Wildman–Crippen MR) is 82.0 cm³/mol. The number of ketones is 2. The Bertz CT molecular complexity index is 917. The lowest BCUT2D eigenvalue weighted by molar-refractivity contribution is 0.0324. The smallest absolute Gasteiger partial charge is 0.218 e. The van der Waals surface area contributed by atoms with Gasteiger partial charge in [-0.25, -0.2) is 0 Å². The Morgan fingerprint density at radius 2 is 1.45 bits per heavy atom. The van der Waals surface area contributed by atoms with E-state index in [-0.39, 0.29) is 11.1 Å². The average molecular weight is 291 g/mol. The van der Waals surface area contributed by atoms with Crippen molar-refractivity contribution >= 4 is 22.5 Å². The van der Waals surface area contributed by atoms with E-state index in [0.717, 1.165) is 5.52 Å². The number of aromatic amines is 1. The summed E-state index contributed by atoms with van der Waals surface area (Å²) >= 11 is 0. The zero-order valence-electron chi connectivity index (χ0n) is 11.9. The summed E-state index contributed by atoms with van der Waals surface area (Å²) in [7, 11) is 0. The van der Waals surface area contributed by atoms with Crippen molar-refractivity contribution in [3.8, 4) is 0 Å². The van der Waals surface area contributed by atoms with E-state index in [9.17, 15) is 14.7 Å². The molecule has 0 saturated carbocycles. The Hall–Kier alpha value is -2.72. The lowest BCUT2D eigenvalue weighted by Gasteiger charge is -2.20. The molecule has 4 heteroatoms. The molecule has 1 aliphatic carbocycles. The molecule has 0 amide bonds. The maximum absolute atomic E-state index is 12.7. The summed E-state index contributed by atoms with van der Waals surface area (Å²) < 4.78 is 0. The van der Waals surface area contributed by atoms with Crippen molar-refractivity contribution in [2.24, 2.45) is 0 Å². The summed E-state index contributed by atoms with van der Waals surface area (Å²) in [4.78, 5) is 28.6. The van der Waals surface area contributed by atoms with Crippen LogP contribution < -0.4 is 0 Å². The Labute approximate surface area is 126 Å². The second kappa shape index (κ2) is 4.15. The first-order valence-corrected chi connectivity index (χ1v) is 7.04. The summed E-state index contributed by atoms with van der Waals surface area (Å²) in [6, 6.07) is 13.9. The van der Waals surface area contributed by atoms with E-state index in [1.54, 1.807) is 37.3 Å². The van der Waals surface area contributed by atoms with Gasteiger partial charge in [0.1, 0.15) is 0 Å². The van der Waals surface area contributed by atoms with E-state index < -0.39 is 17.2 Å². The number of Topliss-reactive ketones (excluding diaryl/α,β-unsaturated/α-hetero) is 2. The predicted octanol–water partition coefficient (Wildman–Crippen LogP) is 2.74. The highest BCUT2D eigenvalue weighted by Gasteiger charge is 2.54. The van der Waals surface area contributed by atoms with E-state index >= 15 is 0 Å². The van der Waals surface area contributed by atoms with Crippen LogP contribution in [-0.4, -0.2) is 21.7 Å². The van der Waals surface area contributed by atoms with Crippen molar-refractivity contribution in [3.05, 3.63) is 70.9 Å². The summed E-state index contributed by atoms with van der Waals surface area (Å²) in [6.07, 6.45) is 0. The molecule has 1 heterocycles.